The predicted octanol–water partition coefficient (Wildman–Crippen LogP) is 2.59. The van der Waals surface area contributed by atoms with Crippen molar-refractivity contribution in [1.29, 1.82) is 0 Å². The van der Waals surface area contributed by atoms with Gasteiger partial charge >= 0.3 is 0 Å². The van der Waals surface area contributed by atoms with E-state index >= 15 is 0 Å². The van der Waals surface area contributed by atoms with E-state index in [0.717, 1.165) is 24.9 Å². The molecule has 0 saturated carbocycles. The molecule has 0 radical (unpaired) electrons. The van der Waals surface area contributed by atoms with Gasteiger partial charge in [-0.25, -0.2) is 13.1 Å². The zero-order valence-electron chi connectivity index (χ0n) is 11.2. The third-order valence-corrected chi connectivity index (χ3v) is 4.40. The first kappa shape index (κ1) is 15.0. The predicted molar refractivity (Wildman–Crippen MR) is 75.3 cm³/mol. The molecule has 0 heterocycles. The highest BCUT2D eigenvalue weighted by Crippen LogP contribution is 2.16. The second kappa shape index (κ2) is 6.75. The maximum atomic E-state index is 12.2. The molecule has 0 aliphatic rings. The van der Waals surface area contributed by atoms with Gasteiger partial charge < -0.3 is 5.32 Å². The van der Waals surface area contributed by atoms with Crippen LogP contribution < -0.4 is 10.0 Å². The first-order chi connectivity index (χ1) is 8.53. The van der Waals surface area contributed by atoms with Gasteiger partial charge in [-0.3, -0.25) is 0 Å². The first-order valence-corrected chi connectivity index (χ1v) is 7.82. The number of anilines is 1. The van der Waals surface area contributed by atoms with Crippen molar-refractivity contribution in [2.45, 2.75) is 44.0 Å². The number of rotatable bonds is 7. The smallest absolute Gasteiger partial charge is 0.240 e. The van der Waals surface area contributed by atoms with Crippen molar-refractivity contribution in [1.82, 2.24) is 4.72 Å². The Morgan fingerprint density at radius 1 is 1.28 bits per heavy atom. The lowest BCUT2D eigenvalue weighted by Crippen LogP contribution is -2.34. The lowest BCUT2D eigenvalue weighted by Gasteiger charge is -2.16. The first-order valence-electron chi connectivity index (χ1n) is 6.33. The highest BCUT2D eigenvalue weighted by atomic mass is 32.2. The summed E-state index contributed by atoms with van der Waals surface area (Å²) in [5, 5.41) is 2.94. The summed E-state index contributed by atoms with van der Waals surface area (Å²) in [4.78, 5) is 0.309. The van der Waals surface area contributed by atoms with Crippen LogP contribution >= 0.6 is 0 Å². The summed E-state index contributed by atoms with van der Waals surface area (Å²) in [6.07, 6.45) is 2.64. The summed E-state index contributed by atoms with van der Waals surface area (Å²) >= 11 is 0. The molecular weight excluding hydrogens is 248 g/mol. The molecule has 0 amide bonds. The summed E-state index contributed by atoms with van der Waals surface area (Å²) in [5.41, 5.74) is 0.793. The van der Waals surface area contributed by atoms with E-state index in [-0.39, 0.29) is 6.04 Å². The van der Waals surface area contributed by atoms with E-state index in [1.54, 1.807) is 25.2 Å². The summed E-state index contributed by atoms with van der Waals surface area (Å²) in [7, 11) is -1.65. The van der Waals surface area contributed by atoms with Gasteiger partial charge in [0, 0.05) is 18.8 Å². The van der Waals surface area contributed by atoms with Crippen LogP contribution in [0.1, 0.15) is 33.1 Å². The lowest BCUT2D eigenvalue weighted by atomic mass is 10.1. The number of hydrogen-bond acceptors (Lipinski definition) is 3. The third kappa shape index (κ3) is 3.99. The Bertz CT molecular complexity index is 472. The Labute approximate surface area is 110 Å². The van der Waals surface area contributed by atoms with Gasteiger partial charge in [-0.2, -0.15) is 0 Å². The van der Waals surface area contributed by atoms with Gasteiger partial charge in [-0.1, -0.05) is 26.3 Å². The molecule has 2 N–H and O–H groups in total. The molecule has 1 rings (SSSR count). The Kier molecular flexibility index (Phi) is 5.62. The molecule has 5 heteroatoms. The van der Waals surface area contributed by atoms with Crippen molar-refractivity contribution in [2.24, 2.45) is 0 Å². The monoisotopic (exact) mass is 270 g/mol. The molecule has 0 aliphatic heterocycles. The normalized spacial score (nSPS) is 13.3. The molecule has 0 fully saturated rings. The zero-order chi connectivity index (χ0) is 13.6. The third-order valence-electron chi connectivity index (χ3n) is 2.88. The fourth-order valence-electron chi connectivity index (χ4n) is 1.80. The minimum absolute atomic E-state index is 0.0123. The Morgan fingerprint density at radius 3 is 2.56 bits per heavy atom. The maximum Gasteiger partial charge on any atom is 0.240 e. The van der Waals surface area contributed by atoms with Crippen molar-refractivity contribution in [3.63, 3.8) is 0 Å². The zero-order valence-corrected chi connectivity index (χ0v) is 12.0. The fraction of sp³-hybridized carbons (Fsp3) is 0.538. The topological polar surface area (TPSA) is 58.2 Å². The van der Waals surface area contributed by atoms with Crippen LogP contribution in [0.3, 0.4) is 0 Å². The molecular formula is C13H22N2O2S. The van der Waals surface area contributed by atoms with Crippen molar-refractivity contribution in [3.05, 3.63) is 24.3 Å². The number of sulfonamides is 1. The Balaban J connectivity index is 2.91. The highest BCUT2D eigenvalue weighted by molar-refractivity contribution is 7.89. The van der Waals surface area contributed by atoms with Gasteiger partial charge in [-0.05, 0) is 31.0 Å². The minimum atomic E-state index is -3.42. The quantitative estimate of drug-likeness (QED) is 0.800. The van der Waals surface area contributed by atoms with Crippen LogP contribution in [-0.4, -0.2) is 21.5 Å². The molecule has 1 aromatic carbocycles. The van der Waals surface area contributed by atoms with Crippen molar-refractivity contribution in [3.8, 4) is 0 Å². The van der Waals surface area contributed by atoms with Gasteiger partial charge in [0.25, 0.3) is 0 Å². The molecule has 0 saturated heterocycles. The molecule has 18 heavy (non-hydrogen) atoms. The number of benzene rings is 1. The summed E-state index contributed by atoms with van der Waals surface area (Å²) < 4.78 is 27.2. The molecule has 0 aromatic heterocycles. The standard InChI is InChI=1S/C13H22N2O2S/c1-4-7-11(5-2)15-18(16,17)13-9-6-8-12(10-13)14-3/h6,8-11,14-15H,4-5,7H2,1-3H3. The Hall–Kier alpha value is -1.07. The Morgan fingerprint density at radius 2 is 2.00 bits per heavy atom. The van der Waals surface area contributed by atoms with Crippen molar-refractivity contribution in [2.75, 3.05) is 12.4 Å². The number of hydrogen-bond donors (Lipinski definition) is 2. The molecule has 0 bridgehead atoms. The van der Waals surface area contributed by atoms with Crippen LogP contribution in [0.5, 0.6) is 0 Å². The fourth-order valence-corrected chi connectivity index (χ4v) is 3.20. The largest absolute Gasteiger partial charge is 0.388 e. The molecule has 1 atom stereocenters. The summed E-state index contributed by atoms with van der Waals surface area (Å²) in [6, 6.07) is 6.84. The van der Waals surface area contributed by atoms with E-state index < -0.39 is 10.0 Å². The van der Waals surface area contributed by atoms with Crippen molar-refractivity contribution < 1.29 is 8.42 Å². The molecule has 4 nitrogen and oxygen atoms in total. The van der Waals surface area contributed by atoms with Crippen LogP contribution in [0.15, 0.2) is 29.2 Å². The molecule has 102 valence electrons. The second-order valence-corrected chi connectivity index (χ2v) is 6.01. The van der Waals surface area contributed by atoms with Crippen LogP contribution in [-0.2, 0) is 10.0 Å². The second-order valence-electron chi connectivity index (χ2n) is 4.29. The van der Waals surface area contributed by atoms with E-state index in [2.05, 4.69) is 17.0 Å². The van der Waals surface area contributed by atoms with Gasteiger partial charge in [0.1, 0.15) is 0 Å². The van der Waals surface area contributed by atoms with Crippen LogP contribution in [0.2, 0.25) is 0 Å². The van der Waals surface area contributed by atoms with Crippen LogP contribution in [0, 0.1) is 0 Å². The maximum absolute atomic E-state index is 12.2. The number of nitrogens with one attached hydrogen (secondary N) is 2. The van der Waals surface area contributed by atoms with E-state index in [9.17, 15) is 8.42 Å². The SMILES string of the molecule is CCCC(CC)NS(=O)(=O)c1cccc(NC)c1. The molecule has 1 unspecified atom stereocenters. The van der Waals surface area contributed by atoms with Gasteiger partial charge in [0.2, 0.25) is 10.0 Å². The van der Waals surface area contributed by atoms with Crippen molar-refractivity contribution >= 4 is 15.7 Å². The summed E-state index contributed by atoms with van der Waals surface area (Å²) in [5.74, 6) is 0. The molecule has 1 aromatic rings. The van der Waals surface area contributed by atoms with Gasteiger partial charge in [-0.15, -0.1) is 0 Å². The average molecular weight is 270 g/mol. The van der Waals surface area contributed by atoms with Crippen LogP contribution in [0.25, 0.3) is 0 Å². The van der Waals surface area contributed by atoms with Gasteiger partial charge in [0.05, 0.1) is 4.90 Å². The molecule has 0 spiro atoms. The highest BCUT2D eigenvalue weighted by Gasteiger charge is 2.18. The lowest BCUT2D eigenvalue weighted by molar-refractivity contribution is 0.512. The molecule has 0 aliphatic carbocycles. The van der Waals surface area contributed by atoms with Gasteiger partial charge in [0.15, 0.2) is 0 Å². The van der Waals surface area contributed by atoms with E-state index in [1.807, 2.05) is 13.0 Å². The van der Waals surface area contributed by atoms with Crippen LogP contribution in [0.4, 0.5) is 5.69 Å². The van der Waals surface area contributed by atoms with E-state index in [1.165, 1.54) is 0 Å². The van der Waals surface area contributed by atoms with E-state index in [0.29, 0.717) is 4.90 Å². The summed E-state index contributed by atoms with van der Waals surface area (Å²) in [6.45, 7) is 4.05. The average Bonchev–Trinajstić information content (AvgIpc) is 2.38. The minimum Gasteiger partial charge on any atom is -0.388 e. The van der Waals surface area contributed by atoms with E-state index in [4.69, 9.17) is 0 Å².